The predicted molar refractivity (Wildman–Crippen MR) is 74.8 cm³/mol. The molecular weight excluding hydrogens is 226 g/mol. The molecule has 0 amide bonds. The molecule has 0 aliphatic carbocycles. The third-order valence-electron chi connectivity index (χ3n) is 3.05. The van der Waals surface area contributed by atoms with Crippen LogP contribution < -0.4 is 10.9 Å². The summed E-state index contributed by atoms with van der Waals surface area (Å²) in [6, 6.07) is 1.87. The summed E-state index contributed by atoms with van der Waals surface area (Å²) < 4.78 is 1.55. The first kappa shape index (κ1) is 14.9. The van der Waals surface area contributed by atoms with Gasteiger partial charge in [0.2, 0.25) is 0 Å². The summed E-state index contributed by atoms with van der Waals surface area (Å²) in [6.45, 7) is 12.1. The lowest BCUT2D eigenvalue weighted by atomic mass is 9.86. The summed E-state index contributed by atoms with van der Waals surface area (Å²) in [4.78, 5) is 11.8. The van der Waals surface area contributed by atoms with Crippen LogP contribution in [0.15, 0.2) is 17.1 Å². The van der Waals surface area contributed by atoms with Gasteiger partial charge in [0.25, 0.3) is 5.56 Å². The predicted octanol–water partition coefficient (Wildman–Crippen LogP) is 1.97. The molecule has 1 unspecified atom stereocenters. The Balaban J connectivity index is 2.86. The van der Waals surface area contributed by atoms with Gasteiger partial charge in [-0.2, -0.15) is 5.10 Å². The first-order chi connectivity index (χ1) is 8.34. The number of nitrogens with one attached hydrogen (secondary N) is 1. The smallest absolute Gasteiger partial charge is 0.267 e. The van der Waals surface area contributed by atoms with Gasteiger partial charge >= 0.3 is 0 Å². The van der Waals surface area contributed by atoms with Gasteiger partial charge in [-0.3, -0.25) is 4.79 Å². The molecule has 0 radical (unpaired) electrons. The van der Waals surface area contributed by atoms with Gasteiger partial charge in [0, 0.05) is 12.1 Å². The maximum atomic E-state index is 11.8. The number of aromatic nitrogens is 2. The minimum atomic E-state index is -0.0254. The van der Waals surface area contributed by atoms with Gasteiger partial charge in [0.15, 0.2) is 0 Å². The molecule has 4 heteroatoms. The van der Waals surface area contributed by atoms with Crippen molar-refractivity contribution in [3.63, 3.8) is 0 Å². The van der Waals surface area contributed by atoms with Crippen LogP contribution in [0.25, 0.3) is 0 Å². The molecule has 0 spiro atoms. The number of hydrogen-bond acceptors (Lipinski definition) is 3. The first-order valence-corrected chi connectivity index (χ1v) is 6.61. The van der Waals surface area contributed by atoms with Crippen LogP contribution in [0.1, 0.15) is 39.7 Å². The van der Waals surface area contributed by atoms with Gasteiger partial charge in [-0.25, -0.2) is 4.68 Å². The minimum Gasteiger partial charge on any atom is -0.312 e. The zero-order chi connectivity index (χ0) is 13.8. The Morgan fingerprint density at radius 3 is 2.61 bits per heavy atom. The number of rotatable bonds is 5. The third kappa shape index (κ3) is 4.26. The second kappa shape index (κ2) is 6.14. The molecule has 0 saturated carbocycles. The highest BCUT2D eigenvalue weighted by Crippen LogP contribution is 2.20. The van der Waals surface area contributed by atoms with Gasteiger partial charge in [-0.05, 0) is 30.9 Å². The minimum absolute atomic E-state index is 0.0254. The molecule has 0 aliphatic heterocycles. The van der Waals surface area contributed by atoms with E-state index in [4.69, 9.17) is 0 Å². The summed E-state index contributed by atoms with van der Waals surface area (Å²) in [5, 5.41) is 7.70. The maximum Gasteiger partial charge on any atom is 0.267 e. The van der Waals surface area contributed by atoms with Crippen LogP contribution >= 0.6 is 0 Å². The topological polar surface area (TPSA) is 46.9 Å². The molecule has 102 valence electrons. The molecule has 1 heterocycles. The van der Waals surface area contributed by atoms with Crippen molar-refractivity contribution in [2.45, 2.75) is 53.6 Å². The van der Waals surface area contributed by atoms with Crippen LogP contribution in [-0.4, -0.2) is 22.4 Å². The molecule has 1 N–H and O–H groups in total. The largest absolute Gasteiger partial charge is 0.312 e. The normalized spacial score (nSPS) is 13.6. The average Bonchev–Trinajstić information content (AvgIpc) is 2.25. The highest BCUT2D eigenvalue weighted by molar-refractivity contribution is 5.02. The van der Waals surface area contributed by atoms with Crippen molar-refractivity contribution in [1.82, 2.24) is 15.1 Å². The van der Waals surface area contributed by atoms with Gasteiger partial charge in [0.1, 0.15) is 0 Å². The van der Waals surface area contributed by atoms with E-state index in [9.17, 15) is 4.79 Å². The summed E-state index contributed by atoms with van der Waals surface area (Å²) in [5.74, 6) is 0. The van der Waals surface area contributed by atoms with Crippen molar-refractivity contribution in [2.24, 2.45) is 5.41 Å². The van der Waals surface area contributed by atoms with E-state index in [1.165, 1.54) is 0 Å². The van der Waals surface area contributed by atoms with E-state index >= 15 is 0 Å². The zero-order valence-corrected chi connectivity index (χ0v) is 12.2. The van der Waals surface area contributed by atoms with E-state index in [2.05, 4.69) is 38.1 Å². The fraction of sp³-hybridized carbons (Fsp3) is 0.714. The van der Waals surface area contributed by atoms with Gasteiger partial charge in [-0.15, -0.1) is 0 Å². The Bertz CT molecular complexity index is 431. The van der Waals surface area contributed by atoms with Crippen LogP contribution in [-0.2, 0) is 6.54 Å². The maximum absolute atomic E-state index is 11.8. The van der Waals surface area contributed by atoms with Crippen LogP contribution in [0.5, 0.6) is 0 Å². The molecule has 1 rings (SSSR count). The molecule has 18 heavy (non-hydrogen) atoms. The van der Waals surface area contributed by atoms with Crippen molar-refractivity contribution < 1.29 is 0 Å². The molecule has 0 bridgehead atoms. The van der Waals surface area contributed by atoms with Crippen molar-refractivity contribution in [3.8, 4) is 0 Å². The SMILES string of the molecule is CCCNC(Cn1ncc(C)cc1=O)C(C)(C)C. The molecule has 0 saturated heterocycles. The van der Waals surface area contributed by atoms with Gasteiger partial charge < -0.3 is 5.32 Å². The molecule has 0 aliphatic rings. The second-order valence-corrected chi connectivity index (χ2v) is 5.93. The van der Waals surface area contributed by atoms with E-state index in [0.717, 1.165) is 18.5 Å². The van der Waals surface area contributed by atoms with Gasteiger partial charge in [0.05, 0.1) is 12.7 Å². The molecule has 0 fully saturated rings. The van der Waals surface area contributed by atoms with E-state index in [-0.39, 0.29) is 17.0 Å². The molecule has 0 aromatic carbocycles. The fourth-order valence-corrected chi connectivity index (χ4v) is 1.80. The highest BCUT2D eigenvalue weighted by Gasteiger charge is 2.24. The second-order valence-electron chi connectivity index (χ2n) is 5.93. The Hall–Kier alpha value is -1.16. The summed E-state index contributed by atoms with van der Waals surface area (Å²) >= 11 is 0. The molecule has 1 atom stereocenters. The van der Waals surface area contributed by atoms with E-state index < -0.39 is 0 Å². The molecule has 4 nitrogen and oxygen atoms in total. The van der Waals surface area contributed by atoms with Crippen molar-refractivity contribution in [2.75, 3.05) is 6.54 Å². The molecule has 1 aromatic heterocycles. The lowest BCUT2D eigenvalue weighted by Crippen LogP contribution is -2.46. The monoisotopic (exact) mass is 251 g/mol. The van der Waals surface area contributed by atoms with Gasteiger partial charge in [-0.1, -0.05) is 27.7 Å². The van der Waals surface area contributed by atoms with Crippen molar-refractivity contribution >= 4 is 0 Å². The molecular formula is C14H25N3O. The van der Waals surface area contributed by atoms with Crippen LogP contribution in [0.2, 0.25) is 0 Å². The van der Waals surface area contributed by atoms with Crippen molar-refractivity contribution in [3.05, 3.63) is 28.2 Å². The van der Waals surface area contributed by atoms with E-state index in [1.807, 2.05) is 6.92 Å². The highest BCUT2D eigenvalue weighted by atomic mass is 16.1. The average molecular weight is 251 g/mol. The Morgan fingerprint density at radius 2 is 2.11 bits per heavy atom. The van der Waals surface area contributed by atoms with Crippen LogP contribution in [0, 0.1) is 12.3 Å². The Morgan fingerprint density at radius 1 is 1.44 bits per heavy atom. The quantitative estimate of drug-likeness (QED) is 0.870. The summed E-state index contributed by atoms with van der Waals surface area (Å²) in [7, 11) is 0. The Labute approximate surface area is 109 Å². The number of hydrogen-bond donors (Lipinski definition) is 1. The van der Waals surface area contributed by atoms with Crippen LogP contribution in [0.3, 0.4) is 0 Å². The number of aryl methyl sites for hydroxylation is 1. The fourth-order valence-electron chi connectivity index (χ4n) is 1.80. The van der Waals surface area contributed by atoms with Crippen LogP contribution in [0.4, 0.5) is 0 Å². The third-order valence-corrected chi connectivity index (χ3v) is 3.05. The molecule has 1 aromatic rings. The lowest BCUT2D eigenvalue weighted by Gasteiger charge is -2.31. The zero-order valence-electron chi connectivity index (χ0n) is 12.2. The van der Waals surface area contributed by atoms with E-state index in [0.29, 0.717) is 6.54 Å². The Kier molecular flexibility index (Phi) is 5.08. The van der Waals surface area contributed by atoms with E-state index in [1.54, 1.807) is 16.9 Å². The summed E-state index contributed by atoms with van der Waals surface area (Å²) in [6.07, 6.45) is 2.82. The lowest BCUT2D eigenvalue weighted by molar-refractivity contribution is 0.233. The number of nitrogens with zero attached hydrogens (tertiary/aromatic N) is 2. The summed E-state index contributed by atoms with van der Waals surface area (Å²) in [5.41, 5.74) is 0.980. The standard InChI is InChI=1S/C14H25N3O/c1-6-7-15-12(14(3,4)5)10-17-13(18)8-11(2)9-16-17/h8-9,12,15H,6-7,10H2,1-5H3. The first-order valence-electron chi connectivity index (χ1n) is 6.61. The van der Waals surface area contributed by atoms with Crippen molar-refractivity contribution in [1.29, 1.82) is 0 Å².